The standard InChI is InChI=1S/C15H21NO/c1-5-11-17-16-14(12-15(2,3)4)13-9-7-6-8-10-13/h5-10H,1,11-12H2,2-4H3/b16-14+. The predicted molar refractivity (Wildman–Crippen MR) is 73.2 cm³/mol. The van der Waals surface area contributed by atoms with E-state index in [1.807, 2.05) is 18.2 Å². The average molecular weight is 231 g/mol. The van der Waals surface area contributed by atoms with Gasteiger partial charge in [0.1, 0.15) is 6.61 Å². The number of rotatable bonds is 5. The Hall–Kier alpha value is -1.57. The minimum atomic E-state index is 0.187. The zero-order valence-corrected chi connectivity index (χ0v) is 10.9. The largest absolute Gasteiger partial charge is 0.391 e. The second-order valence-corrected chi connectivity index (χ2v) is 5.23. The summed E-state index contributed by atoms with van der Waals surface area (Å²) < 4.78 is 0. The molecule has 1 rings (SSSR count). The fraction of sp³-hybridized carbons (Fsp3) is 0.400. The van der Waals surface area contributed by atoms with Crippen molar-refractivity contribution in [3.8, 4) is 0 Å². The van der Waals surface area contributed by atoms with E-state index in [-0.39, 0.29) is 5.41 Å². The summed E-state index contributed by atoms with van der Waals surface area (Å²) in [4.78, 5) is 5.22. The minimum Gasteiger partial charge on any atom is -0.391 e. The number of oxime groups is 1. The normalized spacial score (nSPS) is 12.3. The molecular weight excluding hydrogens is 210 g/mol. The predicted octanol–water partition coefficient (Wildman–Crippen LogP) is 4.03. The highest BCUT2D eigenvalue weighted by molar-refractivity contribution is 6.00. The van der Waals surface area contributed by atoms with Crippen LogP contribution < -0.4 is 0 Å². The molecule has 1 aromatic carbocycles. The first-order chi connectivity index (χ1) is 8.03. The van der Waals surface area contributed by atoms with Crippen LogP contribution in [0.1, 0.15) is 32.8 Å². The highest BCUT2D eigenvalue weighted by atomic mass is 16.6. The number of hydrogen-bond acceptors (Lipinski definition) is 2. The third-order valence-electron chi connectivity index (χ3n) is 2.17. The Morgan fingerprint density at radius 1 is 1.29 bits per heavy atom. The van der Waals surface area contributed by atoms with Crippen molar-refractivity contribution in [3.63, 3.8) is 0 Å². The van der Waals surface area contributed by atoms with E-state index in [0.717, 1.165) is 17.7 Å². The van der Waals surface area contributed by atoms with Gasteiger partial charge in [0, 0.05) is 0 Å². The molecule has 2 nitrogen and oxygen atoms in total. The van der Waals surface area contributed by atoms with Gasteiger partial charge in [-0.25, -0.2) is 0 Å². The SMILES string of the molecule is C=CCO/N=C(\CC(C)(C)C)c1ccccc1. The van der Waals surface area contributed by atoms with Crippen LogP contribution in [0.15, 0.2) is 48.1 Å². The Bertz CT molecular complexity index is 374. The van der Waals surface area contributed by atoms with E-state index in [2.05, 4.69) is 44.6 Å². The van der Waals surface area contributed by atoms with Crippen LogP contribution in [0.4, 0.5) is 0 Å². The molecule has 0 N–H and O–H groups in total. The lowest BCUT2D eigenvalue weighted by molar-refractivity contribution is 0.173. The van der Waals surface area contributed by atoms with Gasteiger partial charge < -0.3 is 4.84 Å². The van der Waals surface area contributed by atoms with Gasteiger partial charge in [-0.1, -0.05) is 68.9 Å². The topological polar surface area (TPSA) is 21.6 Å². The fourth-order valence-electron chi connectivity index (χ4n) is 1.49. The van der Waals surface area contributed by atoms with Gasteiger partial charge in [0.25, 0.3) is 0 Å². The van der Waals surface area contributed by atoms with E-state index >= 15 is 0 Å². The summed E-state index contributed by atoms with van der Waals surface area (Å²) in [5.74, 6) is 0. The second kappa shape index (κ2) is 6.24. The van der Waals surface area contributed by atoms with Gasteiger partial charge in [0.2, 0.25) is 0 Å². The summed E-state index contributed by atoms with van der Waals surface area (Å²) in [7, 11) is 0. The highest BCUT2D eigenvalue weighted by Gasteiger charge is 2.16. The lowest BCUT2D eigenvalue weighted by atomic mass is 9.87. The van der Waals surface area contributed by atoms with Crippen LogP contribution in [0.3, 0.4) is 0 Å². The Kier molecular flexibility index (Phi) is 4.95. The van der Waals surface area contributed by atoms with Crippen molar-refractivity contribution in [1.29, 1.82) is 0 Å². The van der Waals surface area contributed by atoms with Crippen molar-refractivity contribution in [2.45, 2.75) is 27.2 Å². The molecule has 0 aliphatic carbocycles. The van der Waals surface area contributed by atoms with Crippen molar-refractivity contribution in [2.24, 2.45) is 10.6 Å². The molecule has 0 radical (unpaired) electrons. The molecule has 0 spiro atoms. The van der Waals surface area contributed by atoms with Crippen LogP contribution in [-0.4, -0.2) is 12.3 Å². The van der Waals surface area contributed by atoms with Crippen LogP contribution in [0.5, 0.6) is 0 Å². The van der Waals surface area contributed by atoms with Gasteiger partial charge in [0.15, 0.2) is 0 Å². The van der Waals surface area contributed by atoms with E-state index in [0.29, 0.717) is 6.61 Å². The van der Waals surface area contributed by atoms with E-state index in [1.54, 1.807) is 6.08 Å². The molecule has 0 aromatic heterocycles. The van der Waals surface area contributed by atoms with Crippen LogP contribution in [0.25, 0.3) is 0 Å². The van der Waals surface area contributed by atoms with Crippen molar-refractivity contribution < 1.29 is 4.84 Å². The molecule has 92 valence electrons. The maximum absolute atomic E-state index is 5.22. The molecule has 0 aliphatic rings. The number of benzene rings is 1. The van der Waals surface area contributed by atoms with Gasteiger partial charge in [0.05, 0.1) is 5.71 Å². The Balaban J connectivity index is 2.86. The molecule has 0 aliphatic heterocycles. The molecule has 0 saturated carbocycles. The first-order valence-corrected chi connectivity index (χ1v) is 5.88. The van der Waals surface area contributed by atoms with Gasteiger partial charge in [-0.05, 0) is 17.4 Å². The second-order valence-electron chi connectivity index (χ2n) is 5.23. The lowest BCUT2D eigenvalue weighted by Gasteiger charge is -2.19. The van der Waals surface area contributed by atoms with Crippen molar-refractivity contribution in [3.05, 3.63) is 48.6 Å². The maximum atomic E-state index is 5.22. The molecule has 0 amide bonds. The van der Waals surface area contributed by atoms with E-state index < -0.39 is 0 Å². The number of nitrogens with zero attached hydrogens (tertiary/aromatic N) is 1. The van der Waals surface area contributed by atoms with Crippen LogP contribution >= 0.6 is 0 Å². The molecule has 0 bridgehead atoms. The van der Waals surface area contributed by atoms with E-state index in [9.17, 15) is 0 Å². The Morgan fingerprint density at radius 3 is 2.47 bits per heavy atom. The third kappa shape index (κ3) is 5.34. The molecule has 0 saturated heterocycles. The van der Waals surface area contributed by atoms with Crippen molar-refractivity contribution >= 4 is 5.71 Å². The molecule has 1 aromatic rings. The molecular formula is C15H21NO. The van der Waals surface area contributed by atoms with E-state index in [1.165, 1.54) is 0 Å². The monoisotopic (exact) mass is 231 g/mol. The van der Waals surface area contributed by atoms with Gasteiger partial charge >= 0.3 is 0 Å². The quantitative estimate of drug-likeness (QED) is 0.324. The summed E-state index contributed by atoms with van der Waals surface area (Å²) in [5.41, 5.74) is 2.29. The molecule has 0 unspecified atom stereocenters. The Morgan fingerprint density at radius 2 is 1.94 bits per heavy atom. The van der Waals surface area contributed by atoms with Gasteiger partial charge in [-0.3, -0.25) is 0 Å². The van der Waals surface area contributed by atoms with Gasteiger partial charge in [-0.2, -0.15) is 0 Å². The summed E-state index contributed by atoms with van der Waals surface area (Å²) in [6.07, 6.45) is 2.58. The first kappa shape index (κ1) is 13.5. The number of hydrogen-bond donors (Lipinski definition) is 0. The minimum absolute atomic E-state index is 0.187. The zero-order valence-electron chi connectivity index (χ0n) is 10.9. The highest BCUT2D eigenvalue weighted by Crippen LogP contribution is 2.22. The maximum Gasteiger partial charge on any atom is 0.135 e. The van der Waals surface area contributed by atoms with Crippen molar-refractivity contribution in [1.82, 2.24) is 0 Å². The molecule has 0 fully saturated rings. The summed E-state index contributed by atoms with van der Waals surface area (Å²) >= 11 is 0. The summed E-state index contributed by atoms with van der Waals surface area (Å²) in [5, 5.41) is 4.21. The zero-order chi connectivity index (χ0) is 12.7. The summed E-state index contributed by atoms with van der Waals surface area (Å²) in [6.45, 7) is 10.6. The molecule has 0 atom stereocenters. The smallest absolute Gasteiger partial charge is 0.135 e. The van der Waals surface area contributed by atoms with Crippen LogP contribution in [0, 0.1) is 5.41 Å². The van der Waals surface area contributed by atoms with E-state index in [4.69, 9.17) is 4.84 Å². The Labute approximate surface area is 104 Å². The van der Waals surface area contributed by atoms with Crippen molar-refractivity contribution in [2.75, 3.05) is 6.61 Å². The molecule has 0 heterocycles. The van der Waals surface area contributed by atoms with Gasteiger partial charge in [-0.15, -0.1) is 0 Å². The molecule has 2 heteroatoms. The first-order valence-electron chi connectivity index (χ1n) is 5.88. The molecule has 17 heavy (non-hydrogen) atoms. The average Bonchev–Trinajstić information content (AvgIpc) is 2.28. The van der Waals surface area contributed by atoms with Crippen LogP contribution in [0.2, 0.25) is 0 Å². The third-order valence-corrected chi connectivity index (χ3v) is 2.17. The lowest BCUT2D eigenvalue weighted by Crippen LogP contribution is -2.14. The fourth-order valence-corrected chi connectivity index (χ4v) is 1.49. The summed E-state index contributed by atoms with van der Waals surface area (Å²) in [6, 6.07) is 10.1. The van der Waals surface area contributed by atoms with Crippen LogP contribution in [-0.2, 0) is 4.84 Å².